The third kappa shape index (κ3) is 3.10. The van der Waals surface area contributed by atoms with E-state index in [0.29, 0.717) is 0 Å². The van der Waals surface area contributed by atoms with E-state index >= 15 is 0 Å². The standard InChI is InChI=1S/C16H25N/c1-3-13(4-2)16-12-15(10-11-17-16)14-8-6-5-7-9-14/h5-9,13,15-17H,3-4,10-12H2,1-2H3/t15-,16+/m0/s1. The van der Waals surface area contributed by atoms with Gasteiger partial charge in [-0.2, -0.15) is 0 Å². The van der Waals surface area contributed by atoms with Gasteiger partial charge in [0.15, 0.2) is 0 Å². The molecule has 0 bridgehead atoms. The maximum atomic E-state index is 3.72. The Bertz CT molecular complexity index is 316. The summed E-state index contributed by atoms with van der Waals surface area (Å²) in [7, 11) is 0. The van der Waals surface area contributed by atoms with Gasteiger partial charge < -0.3 is 5.32 Å². The summed E-state index contributed by atoms with van der Waals surface area (Å²) in [6.07, 6.45) is 5.21. The van der Waals surface area contributed by atoms with E-state index in [0.717, 1.165) is 17.9 Å². The zero-order chi connectivity index (χ0) is 12.1. The number of piperidine rings is 1. The van der Waals surface area contributed by atoms with Gasteiger partial charge in [0.05, 0.1) is 0 Å². The Kier molecular flexibility index (Phi) is 4.61. The van der Waals surface area contributed by atoms with E-state index in [2.05, 4.69) is 49.5 Å². The molecule has 1 heteroatoms. The number of hydrogen-bond donors (Lipinski definition) is 1. The van der Waals surface area contributed by atoms with Gasteiger partial charge in [-0.25, -0.2) is 0 Å². The van der Waals surface area contributed by atoms with Crippen molar-refractivity contribution in [3.63, 3.8) is 0 Å². The molecular weight excluding hydrogens is 206 g/mol. The van der Waals surface area contributed by atoms with Crippen LogP contribution in [-0.4, -0.2) is 12.6 Å². The zero-order valence-corrected chi connectivity index (χ0v) is 11.2. The summed E-state index contributed by atoms with van der Waals surface area (Å²) in [4.78, 5) is 0. The summed E-state index contributed by atoms with van der Waals surface area (Å²) in [5.41, 5.74) is 1.53. The second kappa shape index (κ2) is 6.20. The Hall–Kier alpha value is -0.820. The number of benzene rings is 1. The van der Waals surface area contributed by atoms with Crippen LogP contribution >= 0.6 is 0 Å². The summed E-state index contributed by atoms with van der Waals surface area (Å²) in [6, 6.07) is 11.8. The lowest BCUT2D eigenvalue weighted by Crippen LogP contribution is -2.42. The number of hydrogen-bond acceptors (Lipinski definition) is 1. The first-order valence-corrected chi connectivity index (χ1v) is 7.13. The van der Waals surface area contributed by atoms with Crippen LogP contribution < -0.4 is 5.32 Å². The summed E-state index contributed by atoms with van der Waals surface area (Å²) in [6.45, 7) is 5.82. The van der Waals surface area contributed by atoms with Crippen molar-refractivity contribution in [2.24, 2.45) is 5.92 Å². The van der Waals surface area contributed by atoms with Gasteiger partial charge >= 0.3 is 0 Å². The quantitative estimate of drug-likeness (QED) is 0.827. The van der Waals surface area contributed by atoms with Crippen molar-refractivity contribution in [1.82, 2.24) is 5.32 Å². The number of rotatable bonds is 4. The molecule has 0 unspecified atom stereocenters. The lowest BCUT2D eigenvalue weighted by Gasteiger charge is -2.35. The fourth-order valence-corrected chi connectivity index (χ4v) is 3.20. The largest absolute Gasteiger partial charge is 0.314 e. The first-order valence-electron chi connectivity index (χ1n) is 7.13. The third-order valence-corrected chi connectivity index (χ3v) is 4.33. The fraction of sp³-hybridized carbons (Fsp3) is 0.625. The molecule has 0 spiro atoms. The Morgan fingerprint density at radius 3 is 2.53 bits per heavy atom. The van der Waals surface area contributed by atoms with E-state index in [1.54, 1.807) is 0 Å². The molecule has 0 amide bonds. The van der Waals surface area contributed by atoms with Gasteiger partial charge in [0.2, 0.25) is 0 Å². The zero-order valence-electron chi connectivity index (χ0n) is 11.2. The first kappa shape index (κ1) is 12.6. The van der Waals surface area contributed by atoms with Crippen LogP contribution in [0.4, 0.5) is 0 Å². The summed E-state index contributed by atoms with van der Waals surface area (Å²) < 4.78 is 0. The summed E-state index contributed by atoms with van der Waals surface area (Å²) >= 11 is 0. The van der Waals surface area contributed by atoms with Crippen molar-refractivity contribution in [2.45, 2.75) is 51.5 Å². The molecule has 1 aliphatic heterocycles. The van der Waals surface area contributed by atoms with Crippen LogP contribution in [-0.2, 0) is 0 Å². The molecule has 0 saturated carbocycles. The van der Waals surface area contributed by atoms with Crippen molar-refractivity contribution in [1.29, 1.82) is 0 Å². The van der Waals surface area contributed by atoms with Crippen LogP contribution in [0.15, 0.2) is 30.3 Å². The fourth-order valence-electron chi connectivity index (χ4n) is 3.20. The maximum Gasteiger partial charge on any atom is 0.0101 e. The van der Waals surface area contributed by atoms with Gasteiger partial charge in [-0.1, -0.05) is 57.0 Å². The SMILES string of the molecule is CCC(CC)[C@H]1C[C@@H](c2ccccc2)CCN1. The van der Waals surface area contributed by atoms with E-state index in [1.807, 2.05) is 0 Å². The lowest BCUT2D eigenvalue weighted by atomic mass is 9.80. The molecule has 1 aliphatic rings. The van der Waals surface area contributed by atoms with E-state index in [1.165, 1.54) is 37.8 Å². The van der Waals surface area contributed by atoms with E-state index in [-0.39, 0.29) is 0 Å². The van der Waals surface area contributed by atoms with Crippen molar-refractivity contribution < 1.29 is 0 Å². The molecule has 1 nitrogen and oxygen atoms in total. The highest BCUT2D eigenvalue weighted by Crippen LogP contribution is 2.31. The third-order valence-electron chi connectivity index (χ3n) is 4.33. The molecule has 0 aromatic heterocycles. The van der Waals surface area contributed by atoms with Gasteiger partial charge in [0.1, 0.15) is 0 Å². The first-order chi connectivity index (χ1) is 8.35. The predicted molar refractivity (Wildman–Crippen MR) is 74.3 cm³/mol. The molecule has 0 radical (unpaired) electrons. The van der Waals surface area contributed by atoms with Crippen LogP contribution in [0.5, 0.6) is 0 Å². The molecule has 1 aromatic carbocycles. The highest BCUT2D eigenvalue weighted by atomic mass is 14.9. The Balaban J connectivity index is 2.02. The number of nitrogens with one attached hydrogen (secondary N) is 1. The highest BCUT2D eigenvalue weighted by Gasteiger charge is 2.26. The summed E-state index contributed by atoms with van der Waals surface area (Å²) in [5, 5.41) is 3.72. The minimum Gasteiger partial charge on any atom is -0.314 e. The maximum absolute atomic E-state index is 3.72. The molecule has 1 heterocycles. The summed E-state index contributed by atoms with van der Waals surface area (Å²) in [5.74, 6) is 1.62. The van der Waals surface area contributed by atoms with E-state index in [9.17, 15) is 0 Å². The molecule has 0 aliphatic carbocycles. The van der Waals surface area contributed by atoms with Crippen LogP contribution in [0.2, 0.25) is 0 Å². The Morgan fingerprint density at radius 1 is 1.18 bits per heavy atom. The van der Waals surface area contributed by atoms with Crippen molar-refractivity contribution >= 4 is 0 Å². The second-order valence-electron chi connectivity index (χ2n) is 5.27. The van der Waals surface area contributed by atoms with Crippen LogP contribution in [0.3, 0.4) is 0 Å². The van der Waals surface area contributed by atoms with Gasteiger partial charge in [-0.15, -0.1) is 0 Å². The van der Waals surface area contributed by atoms with Gasteiger partial charge in [-0.05, 0) is 36.8 Å². The van der Waals surface area contributed by atoms with Crippen molar-refractivity contribution in [2.75, 3.05) is 6.54 Å². The Labute approximate surface area is 106 Å². The molecule has 17 heavy (non-hydrogen) atoms. The van der Waals surface area contributed by atoms with Gasteiger partial charge in [-0.3, -0.25) is 0 Å². The Morgan fingerprint density at radius 2 is 1.88 bits per heavy atom. The predicted octanol–water partition coefficient (Wildman–Crippen LogP) is 3.96. The smallest absolute Gasteiger partial charge is 0.0101 e. The van der Waals surface area contributed by atoms with Crippen LogP contribution in [0.25, 0.3) is 0 Å². The van der Waals surface area contributed by atoms with Crippen molar-refractivity contribution in [3.8, 4) is 0 Å². The van der Waals surface area contributed by atoms with E-state index in [4.69, 9.17) is 0 Å². The normalized spacial score (nSPS) is 25.1. The average Bonchev–Trinajstić information content (AvgIpc) is 2.42. The molecule has 1 N–H and O–H groups in total. The van der Waals surface area contributed by atoms with E-state index < -0.39 is 0 Å². The topological polar surface area (TPSA) is 12.0 Å². The van der Waals surface area contributed by atoms with Crippen LogP contribution in [0, 0.1) is 5.92 Å². The lowest BCUT2D eigenvalue weighted by molar-refractivity contribution is 0.261. The minimum absolute atomic E-state index is 0.726. The monoisotopic (exact) mass is 231 g/mol. The van der Waals surface area contributed by atoms with Crippen LogP contribution in [0.1, 0.15) is 51.0 Å². The molecule has 94 valence electrons. The molecule has 1 aromatic rings. The highest BCUT2D eigenvalue weighted by molar-refractivity contribution is 5.20. The molecule has 1 fully saturated rings. The molecule has 2 rings (SSSR count). The van der Waals surface area contributed by atoms with Gasteiger partial charge in [0, 0.05) is 6.04 Å². The minimum atomic E-state index is 0.726. The average molecular weight is 231 g/mol. The van der Waals surface area contributed by atoms with Gasteiger partial charge in [0.25, 0.3) is 0 Å². The van der Waals surface area contributed by atoms with Crippen molar-refractivity contribution in [3.05, 3.63) is 35.9 Å². The molecule has 1 saturated heterocycles. The molecule has 2 atom stereocenters. The molecular formula is C16H25N. The second-order valence-corrected chi connectivity index (χ2v) is 5.27.